The van der Waals surface area contributed by atoms with Crippen LogP contribution in [0.5, 0.6) is 5.75 Å². The van der Waals surface area contributed by atoms with E-state index in [1.165, 1.54) is 25.1 Å². The number of carbonyl (C=O) groups excluding carboxylic acids is 1. The summed E-state index contributed by atoms with van der Waals surface area (Å²) in [7, 11) is 2.16. The number of benzene rings is 1. The highest BCUT2D eigenvalue weighted by atomic mass is 19.1. The van der Waals surface area contributed by atoms with Crippen LogP contribution in [0.15, 0.2) is 54.9 Å². The summed E-state index contributed by atoms with van der Waals surface area (Å²) in [6.45, 7) is 9.04. The predicted octanol–water partition coefficient (Wildman–Crippen LogP) is 4.72. The number of rotatable bonds is 9. The molecule has 228 valence electrons. The number of nitrogens with zero attached hydrogens (tertiary/aromatic N) is 7. The molecule has 2 aliphatic rings. The highest BCUT2D eigenvalue weighted by molar-refractivity contribution is 6.09. The summed E-state index contributed by atoms with van der Waals surface area (Å²) in [5.41, 5.74) is 4.33. The molecule has 4 aromatic heterocycles. The first-order chi connectivity index (χ1) is 21.3. The number of halogens is 1. The lowest BCUT2D eigenvalue weighted by atomic mass is 10.1. The number of imidazole rings is 1. The standard InChI is InChI=1S/C33H37FN8O2/c1-21-19-40(14-13-39(21)3)15-16-44-25-11-12-41-29(18-35-30(41)17-25)33(43)37-32-26(34)9-10-28-31(32)22(2)38-42(28)20-24-5-4-6-27(36-24)23-7-8-23/h4-6,9-12,17-18,21,23H,7-8,13-16,19-20H2,1-3H3,(H,37,43)/t21-/m0/s1. The topological polar surface area (TPSA) is 92.8 Å². The van der Waals surface area contributed by atoms with Gasteiger partial charge in [0.15, 0.2) is 0 Å². The van der Waals surface area contributed by atoms with Crippen LogP contribution in [0, 0.1) is 12.7 Å². The number of likely N-dealkylation sites (N-methyl/N-ethyl adjacent to an activating group) is 1. The van der Waals surface area contributed by atoms with Crippen LogP contribution in [0.4, 0.5) is 10.1 Å². The van der Waals surface area contributed by atoms with Crippen molar-refractivity contribution in [1.82, 2.24) is 33.9 Å². The van der Waals surface area contributed by atoms with Crippen molar-refractivity contribution in [2.75, 3.05) is 45.2 Å². The Labute approximate surface area is 255 Å². The van der Waals surface area contributed by atoms with Gasteiger partial charge in [-0.25, -0.2) is 9.37 Å². The van der Waals surface area contributed by atoms with Gasteiger partial charge in [-0.1, -0.05) is 6.07 Å². The third-order valence-electron chi connectivity index (χ3n) is 8.85. The molecule has 7 rings (SSSR count). The average molecular weight is 597 g/mol. The molecule has 1 amide bonds. The minimum Gasteiger partial charge on any atom is -0.492 e. The number of fused-ring (bicyclic) bond motifs is 2. The maximum Gasteiger partial charge on any atom is 0.274 e. The molecule has 0 bridgehead atoms. The van der Waals surface area contributed by atoms with Gasteiger partial charge in [0.2, 0.25) is 0 Å². The molecule has 10 nitrogen and oxygen atoms in total. The monoisotopic (exact) mass is 596 g/mol. The number of hydrogen-bond donors (Lipinski definition) is 1. The molecule has 1 atom stereocenters. The molecule has 11 heteroatoms. The van der Waals surface area contributed by atoms with Crippen molar-refractivity contribution in [3.63, 3.8) is 0 Å². The first-order valence-corrected chi connectivity index (χ1v) is 15.3. The molecule has 1 saturated heterocycles. The Bertz CT molecular complexity index is 1840. The van der Waals surface area contributed by atoms with Gasteiger partial charge < -0.3 is 15.0 Å². The van der Waals surface area contributed by atoms with E-state index in [4.69, 9.17) is 9.72 Å². The van der Waals surface area contributed by atoms with Crippen LogP contribution in [-0.2, 0) is 6.54 Å². The lowest BCUT2D eigenvalue weighted by Crippen LogP contribution is -2.50. The fraction of sp³-hybridized carbons (Fsp3) is 0.394. The zero-order valence-corrected chi connectivity index (χ0v) is 25.3. The molecule has 5 heterocycles. The van der Waals surface area contributed by atoms with E-state index in [0.717, 1.165) is 43.1 Å². The zero-order valence-electron chi connectivity index (χ0n) is 25.3. The Balaban J connectivity index is 1.06. The van der Waals surface area contributed by atoms with Crippen molar-refractivity contribution < 1.29 is 13.9 Å². The number of pyridine rings is 2. The van der Waals surface area contributed by atoms with Gasteiger partial charge in [-0.3, -0.25) is 23.8 Å². The van der Waals surface area contributed by atoms with Crippen molar-refractivity contribution >= 4 is 28.1 Å². The van der Waals surface area contributed by atoms with Crippen molar-refractivity contribution in [2.45, 2.75) is 45.2 Å². The summed E-state index contributed by atoms with van der Waals surface area (Å²) in [5.74, 6) is 0.249. The van der Waals surface area contributed by atoms with E-state index in [2.05, 4.69) is 45.2 Å². The van der Waals surface area contributed by atoms with E-state index in [-0.39, 0.29) is 5.69 Å². The molecule has 1 aliphatic heterocycles. The van der Waals surface area contributed by atoms with Crippen LogP contribution >= 0.6 is 0 Å². The van der Waals surface area contributed by atoms with E-state index in [0.29, 0.717) is 53.3 Å². The largest absolute Gasteiger partial charge is 0.492 e. The summed E-state index contributed by atoms with van der Waals surface area (Å²) in [4.78, 5) is 27.5. The van der Waals surface area contributed by atoms with E-state index < -0.39 is 11.7 Å². The van der Waals surface area contributed by atoms with Crippen LogP contribution < -0.4 is 10.1 Å². The summed E-state index contributed by atoms with van der Waals surface area (Å²) in [5, 5.41) is 8.06. The Morgan fingerprint density at radius 3 is 2.84 bits per heavy atom. The maximum absolute atomic E-state index is 15.2. The van der Waals surface area contributed by atoms with Crippen molar-refractivity contribution in [1.29, 1.82) is 0 Å². The Morgan fingerprint density at radius 1 is 1.16 bits per heavy atom. The van der Waals surface area contributed by atoms with E-state index in [9.17, 15) is 4.79 Å². The molecule has 1 saturated carbocycles. The number of piperazine rings is 1. The lowest BCUT2D eigenvalue weighted by Gasteiger charge is -2.37. The van der Waals surface area contributed by atoms with E-state index in [1.54, 1.807) is 16.7 Å². The molecule has 1 aliphatic carbocycles. The van der Waals surface area contributed by atoms with Gasteiger partial charge in [0.25, 0.3) is 5.91 Å². The lowest BCUT2D eigenvalue weighted by molar-refractivity contribution is 0.0928. The van der Waals surface area contributed by atoms with Crippen LogP contribution in [0.3, 0.4) is 0 Å². The third kappa shape index (κ3) is 5.65. The molecular weight excluding hydrogens is 559 g/mol. The Kier molecular flexibility index (Phi) is 7.51. The second-order valence-corrected chi connectivity index (χ2v) is 12.1. The summed E-state index contributed by atoms with van der Waals surface area (Å²) < 4.78 is 24.7. The first-order valence-electron chi connectivity index (χ1n) is 15.3. The fourth-order valence-electron chi connectivity index (χ4n) is 6.04. The van der Waals surface area contributed by atoms with Gasteiger partial charge in [-0.15, -0.1) is 0 Å². The quantitative estimate of drug-likeness (QED) is 0.263. The van der Waals surface area contributed by atoms with Gasteiger partial charge in [0, 0.05) is 61.5 Å². The number of hydrogen-bond acceptors (Lipinski definition) is 7. The fourth-order valence-corrected chi connectivity index (χ4v) is 6.04. The molecule has 2 fully saturated rings. The third-order valence-corrected chi connectivity index (χ3v) is 8.85. The van der Waals surface area contributed by atoms with Crippen LogP contribution in [0.25, 0.3) is 16.6 Å². The molecule has 5 aromatic rings. The molecule has 1 N–H and O–H groups in total. The SMILES string of the molecule is Cc1nn(Cc2cccc(C3CC3)n2)c2ccc(F)c(NC(=O)c3cnc4cc(OCCN5CCN(C)[C@@H](C)C5)ccn34)c12. The zero-order chi connectivity index (χ0) is 30.4. The molecule has 1 aromatic carbocycles. The minimum absolute atomic E-state index is 0.101. The maximum atomic E-state index is 15.2. The summed E-state index contributed by atoms with van der Waals surface area (Å²) in [6, 6.07) is 13.3. The van der Waals surface area contributed by atoms with Crippen molar-refractivity contribution in [3.8, 4) is 5.75 Å². The van der Waals surface area contributed by atoms with E-state index >= 15 is 4.39 Å². The van der Waals surface area contributed by atoms with Gasteiger partial charge in [-0.05, 0) is 64.1 Å². The number of carbonyl (C=O) groups is 1. The number of aromatic nitrogens is 5. The highest BCUT2D eigenvalue weighted by Gasteiger charge is 2.25. The van der Waals surface area contributed by atoms with Gasteiger partial charge in [-0.2, -0.15) is 5.10 Å². The molecule has 0 radical (unpaired) electrons. The Morgan fingerprint density at radius 2 is 2.02 bits per heavy atom. The first kappa shape index (κ1) is 28.4. The smallest absolute Gasteiger partial charge is 0.274 e. The summed E-state index contributed by atoms with van der Waals surface area (Å²) in [6.07, 6.45) is 5.61. The second kappa shape index (κ2) is 11.6. The van der Waals surface area contributed by atoms with Gasteiger partial charge in [0.05, 0.1) is 35.3 Å². The normalized spacial score (nSPS) is 17.9. The van der Waals surface area contributed by atoms with Crippen LogP contribution in [0.2, 0.25) is 0 Å². The number of amides is 1. The Hall–Kier alpha value is -4.35. The van der Waals surface area contributed by atoms with Crippen molar-refractivity contribution in [3.05, 3.63) is 83.5 Å². The van der Waals surface area contributed by atoms with E-state index in [1.807, 2.05) is 35.9 Å². The number of anilines is 1. The number of aryl methyl sites for hydroxylation is 1. The molecule has 44 heavy (non-hydrogen) atoms. The van der Waals surface area contributed by atoms with Crippen LogP contribution in [0.1, 0.15) is 53.3 Å². The van der Waals surface area contributed by atoms with Gasteiger partial charge in [0.1, 0.15) is 29.5 Å². The number of ether oxygens (including phenoxy) is 1. The van der Waals surface area contributed by atoms with Crippen LogP contribution in [-0.4, -0.2) is 85.7 Å². The van der Waals surface area contributed by atoms with Gasteiger partial charge >= 0.3 is 0 Å². The molecule has 0 spiro atoms. The molecular formula is C33H37FN8O2. The number of nitrogens with one attached hydrogen (secondary N) is 1. The van der Waals surface area contributed by atoms with Crippen molar-refractivity contribution in [2.24, 2.45) is 0 Å². The highest BCUT2D eigenvalue weighted by Crippen LogP contribution is 2.39. The second-order valence-electron chi connectivity index (χ2n) is 12.1. The summed E-state index contributed by atoms with van der Waals surface area (Å²) >= 11 is 0. The minimum atomic E-state index is -0.526. The molecule has 0 unspecified atom stereocenters. The average Bonchev–Trinajstić information content (AvgIpc) is 3.71. The predicted molar refractivity (Wildman–Crippen MR) is 167 cm³/mol.